The van der Waals surface area contributed by atoms with Crippen LogP contribution in [0.2, 0.25) is 0 Å². The summed E-state index contributed by atoms with van der Waals surface area (Å²) >= 11 is 0. The van der Waals surface area contributed by atoms with Crippen LogP contribution in [0.1, 0.15) is 0 Å². The molecule has 0 atom stereocenters. The van der Waals surface area contributed by atoms with E-state index in [0.29, 0.717) is 39.3 Å². The van der Waals surface area contributed by atoms with Crippen molar-refractivity contribution in [2.24, 2.45) is 34.4 Å². The standard InChI is InChI=1S/3C2H8N2.Fe/c3*3-1-2-4;/h3*1-4H2;. The van der Waals surface area contributed by atoms with Crippen LogP contribution in [0, 0.1) is 0 Å². The van der Waals surface area contributed by atoms with E-state index in [1.54, 1.807) is 0 Å². The van der Waals surface area contributed by atoms with Crippen molar-refractivity contribution < 1.29 is 17.1 Å². The molecule has 0 spiro atoms. The van der Waals surface area contributed by atoms with Gasteiger partial charge in [0.2, 0.25) is 0 Å². The first-order valence-electron chi connectivity index (χ1n) is 3.95. The number of hydrogen-bond acceptors (Lipinski definition) is 6. The van der Waals surface area contributed by atoms with Gasteiger partial charge in [0.05, 0.1) is 0 Å². The molecule has 0 aliphatic carbocycles. The van der Waals surface area contributed by atoms with Gasteiger partial charge in [0.15, 0.2) is 0 Å². The molecule has 0 aromatic heterocycles. The first kappa shape index (κ1) is 23.3. The Kier molecular flexibility index (Phi) is 70.9. The molecule has 0 aliphatic heterocycles. The van der Waals surface area contributed by atoms with Gasteiger partial charge in [-0.3, -0.25) is 0 Å². The topological polar surface area (TPSA) is 156 Å². The Morgan fingerprint density at radius 1 is 0.385 bits per heavy atom. The van der Waals surface area contributed by atoms with Crippen molar-refractivity contribution in [3.05, 3.63) is 0 Å². The minimum atomic E-state index is 0. The monoisotopic (exact) mass is 236 g/mol. The third-order valence-corrected chi connectivity index (χ3v) is 0.500. The molecule has 0 amide bonds. The largest absolute Gasteiger partial charge is 0.329 e. The quantitative estimate of drug-likeness (QED) is 0.282. The number of rotatable bonds is 3. The molecule has 86 valence electrons. The van der Waals surface area contributed by atoms with Gasteiger partial charge in [-0.15, -0.1) is 0 Å². The molecule has 7 heteroatoms. The second-order valence-corrected chi connectivity index (χ2v) is 1.73. The Balaban J connectivity index is -0.0000000450. The summed E-state index contributed by atoms with van der Waals surface area (Å²) in [4.78, 5) is 0. The molecule has 0 saturated carbocycles. The van der Waals surface area contributed by atoms with E-state index in [-0.39, 0.29) is 17.1 Å². The van der Waals surface area contributed by atoms with Crippen LogP contribution < -0.4 is 34.4 Å². The van der Waals surface area contributed by atoms with Gasteiger partial charge in [-0.1, -0.05) is 0 Å². The van der Waals surface area contributed by atoms with E-state index in [0.717, 1.165) is 0 Å². The van der Waals surface area contributed by atoms with Gasteiger partial charge in [-0.2, -0.15) is 0 Å². The summed E-state index contributed by atoms with van der Waals surface area (Å²) in [7, 11) is 0. The minimum absolute atomic E-state index is 0. The molecule has 0 radical (unpaired) electrons. The molecule has 0 bridgehead atoms. The van der Waals surface area contributed by atoms with E-state index in [4.69, 9.17) is 34.4 Å². The van der Waals surface area contributed by atoms with Gasteiger partial charge < -0.3 is 34.4 Å². The maximum atomic E-state index is 4.90. The predicted octanol–water partition coefficient (Wildman–Crippen LogP) is -3.29. The van der Waals surface area contributed by atoms with Crippen LogP contribution in [0.4, 0.5) is 0 Å². The van der Waals surface area contributed by atoms with Crippen LogP contribution >= 0.6 is 0 Å². The summed E-state index contributed by atoms with van der Waals surface area (Å²) < 4.78 is 0. The van der Waals surface area contributed by atoms with Crippen LogP contribution in [0.15, 0.2) is 0 Å². The Morgan fingerprint density at radius 2 is 0.462 bits per heavy atom. The minimum Gasteiger partial charge on any atom is -0.329 e. The van der Waals surface area contributed by atoms with Gasteiger partial charge in [-0.25, -0.2) is 0 Å². The van der Waals surface area contributed by atoms with Crippen LogP contribution in [-0.2, 0) is 17.1 Å². The van der Waals surface area contributed by atoms with Crippen molar-refractivity contribution in [1.82, 2.24) is 0 Å². The Labute approximate surface area is 91.2 Å². The number of hydrogen-bond donors (Lipinski definition) is 6. The van der Waals surface area contributed by atoms with Crippen LogP contribution in [0.3, 0.4) is 0 Å². The normalized spacial score (nSPS) is 6.92. The van der Waals surface area contributed by atoms with Gasteiger partial charge in [-0.05, 0) is 0 Å². The third-order valence-electron chi connectivity index (χ3n) is 0.500. The molecule has 0 aromatic rings. The van der Waals surface area contributed by atoms with Crippen molar-refractivity contribution in [1.29, 1.82) is 0 Å². The fourth-order valence-electron chi connectivity index (χ4n) is 0. The summed E-state index contributed by atoms with van der Waals surface area (Å²) in [5.74, 6) is 0. The van der Waals surface area contributed by atoms with E-state index < -0.39 is 0 Å². The molecule has 6 nitrogen and oxygen atoms in total. The van der Waals surface area contributed by atoms with E-state index >= 15 is 0 Å². The predicted molar refractivity (Wildman–Crippen MR) is 54.3 cm³/mol. The van der Waals surface area contributed by atoms with Crippen LogP contribution in [0.25, 0.3) is 0 Å². The van der Waals surface area contributed by atoms with E-state index in [9.17, 15) is 0 Å². The summed E-state index contributed by atoms with van der Waals surface area (Å²) in [6.07, 6.45) is 0. The maximum Gasteiger partial charge on any atom is 0.00461 e. The maximum absolute atomic E-state index is 4.90. The molecule has 12 N–H and O–H groups in total. The molecule has 13 heavy (non-hydrogen) atoms. The summed E-state index contributed by atoms with van der Waals surface area (Å²) in [6, 6.07) is 0. The Morgan fingerprint density at radius 3 is 0.462 bits per heavy atom. The zero-order chi connectivity index (χ0) is 10.2. The zero-order valence-corrected chi connectivity index (χ0v) is 9.16. The van der Waals surface area contributed by atoms with Gasteiger partial charge in [0, 0.05) is 56.3 Å². The molecule has 0 aromatic carbocycles. The first-order valence-corrected chi connectivity index (χ1v) is 3.95. The summed E-state index contributed by atoms with van der Waals surface area (Å²) in [6.45, 7) is 3.58. The van der Waals surface area contributed by atoms with Crippen molar-refractivity contribution in [3.63, 3.8) is 0 Å². The van der Waals surface area contributed by atoms with E-state index in [1.165, 1.54) is 0 Å². The molecule has 0 rings (SSSR count). The average molecular weight is 236 g/mol. The molecule has 0 heterocycles. The van der Waals surface area contributed by atoms with Crippen molar-refractivity contribution in [2.75, 3.05) is 39.3 Å². The SMILES string of the molecule is NCCN.NCCN.NCCN.[Fe]. The molecule has 0 saturated heterocycles. The zero-order valence-electron chi connectivity index (χ0n) is 8.06. The smallest absolute Gasteiger partial charge is 0.00461 e. The third kappa shape index (κ3) is 121. The Bertz CT molecular complexity index is 32.6. The second-order valence-electron chi connectivity index (χ2n) is 1.73. The number of nitrogens with two attached hydrogens (primary N) is 6. The molecule has 0 fully saturated rings. The first-order chi connectivity index (χ1) is 5.74. The van der Waals surface area contributed by atoms with Crippen molar-refractivity contribution in [2.45, 2.75) is 0 Å². The summed E-state index contributed by atoms with van der Waals surface area (Å²) in [5, 5.41) is 0. The van der Waals surface area contributed by atoms with Crippen molar-refractivity contribution >= 4 is 0 Å². The van der Waals surface area contributed by atoms with Crippen molar-refractivity contribution in [3.8, 4) is 0 Å². The van der Waals surface area contributed by atoms with Crippen LogP contribution in [0.5, 0.6) is 0 Å². The van der Waals surface area contributed by atoms with Gasteiger partial charge >= 0.3 is 0 Å². The summed E-state index contributed by atoms with van der Waals surface area (Å²) in [5.41, 5.74) is 29.4. The van der Waals surface area contributed by atoms with E-state index in [2.05, 4.69) is 0 Å². The average Bonchev–Trinajstić information content (AvgIpc) is 2.18. The Hall–Kier alpha value is 0.279. The van der Waals surface area contributed by atoms with Crippen LogP contribution in [-0.4, -0.2) is 39.3 Å². The van der Waals surface area contributed by atoms with Gasteiger partial charge in [0.25, 0.3) is 0 Å². The molecular weight excluding hydrogens is 212 g/mol. The second kappa shape index (κ2) is 39.6. The fourth-order valence-corrected chi connectivity index (χ4v) is 0. The van der Waals surface area contributed by atoms with Gasteiger partial charge in [0.1, 0.15) is 0 Å². The molecule has 0 aliphatic rings. The molecular formula is C6H24FeN6. The fraction of sp³-hybridized carbons (Fsp3) is 1.00. The molecule has 0 unspecified atom stereocenters. The van der Waals surface area contributed by atoms with E-state index in [1.807, 2.05) is 0 Å².